The molecule has 1 aliphatic carbocycles. The average molecular weight is 553 g/mol. The minimum atomic E-state index is -3.99. The Morgan fingerprint density at radius 1 is 1.22 bits per heavy atom. The fourth-order valence-electron chi connectivity index (χ4n) is 4.71. The molecule has 1 N–H and O–H groups in total. The van der Waals surface area contributed by atoms with Crippen molar-refractivity contribution in [3.8, 4) is 5.75 Å². The normalized spacial score (nSPS) is 23.0. The molecule has 0 fully saturated rings. The van der Waals surface area contributed by atoms with E-state index >= 15 is 0 Å². The molecule has 1 aliphatic heterocycles. The van der Waals surface area contributed by atoms with Crippen molar-refractivity contribution in [3.05, 3.63) is 59.9 Å². The summed E-state index contributed by atoms with van der Waals surface area (Å²) in [5.41, 5.74) is 1.99. The van der Waals surface area contributed by atoms with Crippen molar-refractivity contribution in [1.29, 1.82) is 0 Å². The first-order valence-corrected chi connectivity index (χ1v) is 15.2. The van der Waals surface area contributed by atoms with E-state index in [2.05, 4.69) is 6.08 Å². The number of halogens is 1. The van der Waals surface area contributed by atoms with Gasteiger partial charge in [-0.2, -0.15) is 8.61 Å². The number of sulfonamides is 2. The minimum Gasteiger partial charge on any atom is -0.487 e. The summed E-state index contributed by atoms with van der Waals surface area (Å²) in [6.07, 6.45) is 4.30. The van der Waals surface area contributed by atoms with E-state index in [0.29, 0.717) is 0 Å². The maximum absolute atomic E-state index is 13.6. The number of benzene rings is 2. The van der Waals surface area contributed by atoms with Crippen LogP contribution in [-0.2, 0) is 20.0 Å². The molecular formula is C26H33FN2O6S2. The molecule has 4 rings (SSSR count). The SMILES string of the molecule is C[C@H]1CN([C@@H](C)CO)S(=O)(=O)c2ccc(C3=CCCC3)cc2O[C@H]1CN(C)S(=O)(=O)c1ccc(F)cc1. The molecule has 2 aromatic rings. The lowest BCUT2D eigenvalue weighted by atomic mass is 10.0. The third kappa shape index (κ3) is 5.61. The number of aliphatic hydroxyl groups excluding tert-OH is 1. The monoisotopic (exact) mass is 552 g/mol. The van der Waals surface area contributed by atoms with Gasteiger partial charge >= 0.3 is 0 Å². The average Bonchev–Trinajstić information content (AvgIpc) is 3.41. The summed E-state index contributed by atoms with van der Waals surface area (Å²) < 4.78 is 75.7. The van der Waals surface area contributed by atoms with Crippen LogP contribution in [0.3, 0.4) is 0 Å². The lowest BCUT2D eigenvalue weighted by molar-refractivity contribution is 0.0904. The topological polar surface area (TPSA) is 104 Å². The molecule has 1 heterocycles. The highest BCUT2D eigenvalue weighted by atomic mass is 32.2. The van der Waals surface area contributed by atoms with E-state index in [9.17, 15) is 26.3 Å². The van der Waals surface area contributed by atoms with Crippen LogP contribution in [0.25, 0.3) is 5.57 Å². The van der Waals surface area contributed by atoms with Crippen LogP contribution in [0.1, 0.15) is 38.7 Å². The van der Waals surface area contributed by atoms with E-state index in [1.54, 1.807) is 26.0 Å². The Labute approximate surface area is 218 Å². The number of nitrogens with zero attached hydrogens (tertiary/aromatic N) is 2. The maximum atomic E-state index is 13.6. The third-order valence-corrected chi connectivity index (χ3v) is 10.9. The second-order valence-electron chi connectivity index (χ2n) is 9.76. The van der Waals surface area contributed by atoms with E-state index in [1.807, 2.05) is 0 Å². The van der Waals surface area contributed by atoms with Gasteiger partial charge in [0.2, 0.25) is 20.0 Å². The number of ether oxygens (including phenoxy) is 1. The van der Waals surface area contributed by atoms with Gasteiger partial charge in [0.05, 0.1) is 18.0 Å². The number of allylic oxidation sites excluding steroid dienone is 2. The summed E-state index contributed by atoms with van der Waals surface area (Å²) >= 11 is 0. The molecule has 0 radical (unpaired) electrons. The van der Waals surface area contributed by atoms with Crippen molar-refractivity contribution >= 4 is 25.6 Å². The molecule has 11 heteroatoms. The Hall–Kier alpha value is -2.31. The summed E-state index contributed by atoms with van der Waals surface area (Å²) in [6, 6.07) is 8.92. The predicted molar refractivity (Wildman–Crippen MR) is 139 cm³/mol. The Kier molecular flexibility index (Phi) is 8.10. The quantitative estimate of drug-likeness (QED) is 0.564. The Morgan fingerprint density at radius 2 is 1.92 bits per heavy atom. The fraction of sp³-hybridized carbons (Fsp3) is 0.462. The summed E-state index contributed by atoms with van der Waals surface area (Å²) in [7, 11) is -6.53. The zero-order chi connectivity index (χ0) is 27.0. The van der Waals surface area contributed by atoms with Crippen LogP contribution in [-0.4, -0.2) is 69.4 Å². The number of hydrogen-bond donors (Lipinski definition) is 1. The van der Waals surface area contributed by atoms with Gasteiger partial charge in [0.15, 0.2) is 0 Å². The summed E-state index contributed by atoms with van der Waals surface area (Å²) in [6.45, 7) is 3.03. The van der Waals surface area contributed by atoms with Gasteiger partial charge in [-0.1, -0.05) is 19.1 Å². The molecule has 2 aliphatic rings. The zero-order valence-corrected chi connectivity index (χ0v) is 22.8. The van der Waals surface area contributed by atoms with Crippen molar-refractivity contribution < 1.29 is 31.1 Å². The Balaban J connectivity index is 1.74. The molecule has 3 atom stereocenters. The smallest absolute Gasteiger partial charge is 0.247 e. The molecule has 0 unspecified atom stereocenters. The predicted octanol–water partition coefficient (Wildman–Crippen LogP) is 3.48. The second-order valence-corrected chi connectivity index (χ2v) is 13.7. The Bertz CT molecular complexity index is 1380. The van der Waals surface area contributed by atoms with Crippen LogP contribution < -0.4 is 4.74 Å². The van der Waals surface area contributed by atoms with E-state index in [1.165, 1.54) is 29.6 Å². The molecule has 0 bridgehead atoms. The molecule has 0 saturated carbocycles. The molecule has 0 aromatic heterocycles. The second kappa shape index (κ2) is 10.8. The molecular weight excluding hydrogens is 519 g/mol. The fourth-order valence-corrected chi connectivity index (χ4v) is 7.72. The highest BCUT2D eigenvalue weighted by molar-refractivity contribution is 7.89. The lowest BCUT2D eigenvalue weighted by Crippen LogP contribution is -2.50. The van der Waals surface area contributed by atoms with Crippen LogP contribution in [0.2, 0.25) is 0 Å². The lowest BCUT2D eigenvalue weighted by Gasteiger charge is -2.37. The molecule has 0 saturated heterocycles. The first-order chi connectivity index (χ1) is 17.4. The molecule has 8 nitrogen and oxygen atoms in total. The summed E-state index contributed by atoms with van der Waals surface area (Å²) in [5, 5.41) is 9.81. The van der Waals surface area contributed by atoms with Gasteiger partial charge in [0.25, 0.3) is 0 Å². The molecule has 37 heavy (non-hydrogen) atoms. The minimum absolute atomic E-state index is 0.0175. The van der Waals surface area contributed by atoms with Crippen molar-refractivity contribution in [2.45, 2.75) is 55.0 Å². The molecule has 0 spiro atoms. The van der Waals surface area contributed by atoms with Crippen molar-refractivity contribution in [2.24, 2.45) is 5.92 Å². The number of rotatable bonds is 7. The number of hydrogen-bond acceptors (Lipinski definition) is 6. The van der Waals surface area contributed by atoms with Gasteiger partial charge in [-0.05, 0) is 73.7 Å². The van der Waals surface area contributed by atoms with Crippen molar-refractivity contribution in [3.63, 3.8) is 0 Å². The van der Waals surface area contributed by atoms with Gasteiger partial charge in [-0.3, -0.25) is 0 Å². The number of aliphatic hydroxyl groups is 1. The van der Waals surface area contributed by atoms with Gasteiger partial charge in [-0.15, -0.1) is 0 Å². The van der Waals surface area contributed by atoms with E-state index in [0.717, 1.165) is 46.8 Å². The molecule has 2 aromatic carbocycles. The molecule has 202 valence electrons. The standard InChI is InChI=1S/C26H33FN2O6S2/c1-18-15-29(19(2)17-30)37(33,34)26-13-8-21(20-6-4-5-7-20)14-24(26)35-25(18)16-28(3)36(31,32)23-11-9-22(27)10-12-23/h6,8-14,18-19,25,30H,4-5,7,15-17H2,1-3H3/t18-,19-,25-/m0/s1. The van der Waals surface area contributed by atoms with Crippen LogP contribution in [0.5, 0.6) is 5.75 Å². The van der Waals surface area contributed by atoms with E-state index < -0.39 is 43.9 Å². The van der Waals surface area contributed by atoms with Crippen LogP contribution in [0.4, 0.5) is 4.39 Å². The first kappa shape index (κ1) is 27.7. The summed E-state index contributed by atoms with van der Waals surface area (Å²) in [5.74, 6) is -0.801. The largest absolute Gasteiger partial charge is 0.487 e. The van der Waals surface area contributed by atoms with E-state index in [4.69, 9.17) is 4.74 Å². The van der Waals surface area contributed by atoms with Gasteiger partial charge in [0, 0.05) is 25.6 Å². The van der Waals surface area contributed by atoms with Gasteiger partial charge in [-0.25, -0.2) is 21.2 Å². The zero-order valence-electron chi connectivity index (χ0n) is 21.2. The van der Waals surface area contributed by atoms with Gasteiger partial charge < -0.3 is 9.84 Å². The van der Waals surface area contributed by atoms with Crippen molar-refractivity contribution in [2.75, 3.05) is 26.7 Å². The highest BCUT2D eigenvalue weighted by Gasteiger charge is 2.39. The molecule has 0 amide bonds. The van der Waals surface area contributed by atoms with Crippen LogP contribution >= 0.6 is 0 Å². The van der Waals surface area contributed by atoms with Crippen molar-refractivity contribution in [1.82, 2.24) is 8.61 Å². The maximum Gasteiger partial charge on any atom is 0.247 e. The van der Waals surface area contributed by atoms with E-state index in [-0.39, 0.29) is 35.2 Å². The first-order valence-electron chi connectivity index (χ1n) is 12.3. The van der Waals surface area contributed by atoms with Crippen LogP contribution in [0.15, 0.2) is 58.3 Å². The van der Waals surface area contributed by atoms with Crippen LogP contribution in [0, 0.1) is 11.7 Å². The number of likely N-dealkylation sites (N-methyl/N-ethyl adjacent to an activating group) is 1. The summed E-state index contributed by atoms with van der Waals surface area (Å²) in [4.78, 5) is -0.0695. The van der Waals surface area contributed by atoms with Gasteiger partial charge in [0.1, 0.15) is 22.6 Å². The third-order valence-electron chi connectivity index (χ3n) is 7.04. The number of fused-ring (bicyclic) bond motifs is 1. The highest BCUT2D eigenvalue weighted by Crippen LogP contribution is 2.37. The Morgan fingerprint density at radius 3 is 2.54 bits per heavy atom.